The summed E-state index contributed by atoms with van der Waals surface area (Å²) in [4.78, 5) is 33.4. The Morgan fingerprint density at radius 3 is 1.93 bits per heavy atom. The van der Waals surface area contributed by atoms with Crippen LogP contribution in [0.1, 0.15) is 46.5 Å². The molecule has 0 aromatic heterocycles. The van der Waals surface area contributed by atoms with Gasteiger partial charge in [-0.2, -0.15) is 0 Å². The van der Waals surface area contributed by atoms with Gasteiger partial charge in [0.1, 0.15) is 17.3 Å². The quantitative estimate of drug-likeness (QED) is 0.628. The average Bonchev–Trinajstić information content (AvgIpc) is 2.14. The predicted molar refractivity (Wildman–Crippen MR) is 54.0 cm³/mol. The summed E-state index contributed by atoms with van der Waals surface area (Å²) in [6.45, 7) is 4.97. The highest BCUT2D eigenvalue weighted by Crippen LogP contribution is 2.14. The van der Waals surface area contributed by atoms with Crippen LogP contribution in [0, 0.1) is 5.92 Å². The maximum absolute atomic E-state index is 11.4. The van der Waals surface area contributed by atoms with Crippen LogP contribution < -0.4 is 0 Å². The lowest BCUT2D eigenvalue weighted by molar-refractivity contribution is -0.130. The van der Waals surface area contributed by atoms with E-state index in [1.54, 1.807) is 13.8 Å². The van der Waals surface area contributed by atoms with Gasteiger partial charge in [0.2, 0.25) is 0 Å². The van der Waals surface area contributed by atoms with Crippen molar-refractivity contribution >= 4 is 17.3 Å². The van der Waals surface area contributed by atoms with Crippen molar-refractivity contribution in [2.75, 3.05) is 0 Å². The van der Waals surface area contributed by atoms with E-state index in [1.807, 2.05) is 0 Å². The van der Waals surface area contributed by atoms with Gasteiger partial charge in [0.05, 0.1) is 0 Å². The predicted octanol–water partition coefficient (Wildman–Crippen LogP) is 1.93. The number of ketones is 3. The van der Waals surface area contributed by atoms with Crippen LogP contribution in [0.15, 0.2) is 0 Å². The summed E-state index contributed by atoms with van der Waals surface area (Å²) in [5, 5.41) is 0. The van der Waals surface area contributed by atoms with Crippen molar-refractivity contribution in [3.05, 3.63) is 0 Å². The first-order valence-electron chi connectivity index (χ1n) is 5.05. The van der Waals surface area contributed by atoms with Crippen molar-refractivity contribution in [2.24, 2.45) is 5.92 Å². The molecule has 80 valence electrons. The lowest BCUT2D eigenvalue weighted by Crippen LogP contribution is -2.20. The zero-order valence-electron chi connectivity index (χ0n) is 9.13. The van der Waals surface area contributed by atoms with Crippen LogP contribution in [0.4, 0.5) is 0 Å². The Morgan fingerprint density at radius 2 is 1.57 bits per heavy atom. The molecule has 0 saturated heterocycles. The molecule has 0 aliphatic rings. The van der Waals surface area contributed by atoms with E-state index in [0.29, 0.717) is 12.8 Å². The lowest BCUT2D eigenvalue weighted by atomic mass is 9.91. The van der Waals surface area contributed by atoms with Gasteiger partial charge in [-0.1, -0.05) is 13.8 Å². The maximum Gasteiger partial charge on any atom is 0.136 e. The first-order valence-corrected chi connectivity index (χ1v) is 5.05. The van der Waals surface area contributed by atoms with Crippen LogP contribution >= 0.6 is 0 Å². The summed E-state index contributed by atoms with van der Waals surface area (Å²) >= 11 is 0. The fraction of sp³-hybridized carbons (Fsp3) is 0.727. The average molecular weight is 198 g/mol. The summed E-state index contributed by atoms with van der Waals surface area (Å²) in [6, 6.07) is 0. The van der Waals surface area contributed by atoms with E-state index in [-0.39, 0.29) is 36.1 Å². The molecule has 14 heavy (non-hydrogen) atoms. The minimum atomic E-state index is -0.384. The van der Waals surface area contributed by atoms with Crippen LogP contribution in [0.3, 0.4) is 0 Å². The van der Waals surface area contributed by atoms with Gasteiger partial charge >= 0.3 is 0 Å². The highest BCUT2D eigenvalue weighted by atomic mass is 16.1. The molecular formula is C11H18O3. The van der Waals surface area contributed by atoms with Crippen molar-refractivity contribution in [3.63, 3.8) is 0 Å². The van der Waals surface area contributed by atoms with Crippen LogP contribution in [-0.2, 0) is 14.4 Å². The molecule has 0 aliphatic carbocycles. The Morgan fingerprint density at radius 1 is 1.00 bits per heavy atom. The molecule has 0 fully saturated rings. The Bertz CT molecular complexity index is 231. The van der Waals surface area contributed by atoms with Crippen molar-refractivity contribution < 1.29 is 14.4 Å². The van der Waals surface area contributed by atoms with E-state index < -0.39 is 0 Å². The molecule has 1 atom stereocenters. The molecule has 0 bridgehead atoms. The molecule has 0 aromatic carbocycles. The zero-order valence-corrected chi connectivity index (χ0v) is 9.13. The third kappa shape index (κ3) is 4.90. The minimum absolute atomic E-state index is 0.0157. The van der Waals surface area contributed by atoms with E-state index in [9.17, 15) is 14.4 Å². The summed E-state index contributed by atoms with van der Waals surface area (Å²) in [5.41, 5.74) is 0. The van der Waals surface area contributed by atoms with Gasteiger partial charge in [0.25, 0.3) is 0 Å². The maximum atomic E-state index is 11.4. The van der Waals surface area contributed by atoms with Crippen LogP contribution in [0.2, 0.25) is 0 Å². The molecule has 0 spiro atoms. The molecule has 0 rings (SSSR count). The van der Waals surface area contributed by atoms with Gasteiger partial charge in [0.15, 0.2) is 0 Å². The molecule has 0 heterocycles. The number of carbonyl (C=O) groups is 3. The molecule has 3 nitrogen and oxygen atoms in total. The second-order valence-electron chi connectivity index (χ2n) is 3.52. The van der Waals surface area contributed by atoms with Crippen LogP contribution in [0.5, 0.6) is 0 Å². The normalized spacial score (nSPS) is 12.2. The fourth-order valence-corrected chi connectivity index (χ4v) is 1.35. The van der Waals surface area contributed by atoms with Gasteiger partial charge < -0.3 is 4.79 Å². The summed E-state index contributed by atoms with van der Waals surface area (Å²) in [6.07, 6.45) is 1.27. The molecule has 3 heteroatoms. The number of carbonyl (C=O) groups excluding carboxylic acids is 3. The smallest absolute Gasteiger partial charge is 0.136 e. The molecule has 0 N–H and O–H groups in total. The molecule has 0 saturated carbocycles. The van der Waals surface area contributed by atoms with Gasteiger partial charge in [-0.05, 0) is 6.92 Å². The molecule has 0 amide bonds. The summed E-state index contributed by atoms with van der Waals surface area (Å²) in [5.74, 6) is -0.342. The summed E-state index contributed by atoms with van der Waals surface area (Å²) in [7, 11) is 0. The second kappa shape index (κ2) is 6.46. The standard InChI is InChI=1S/C11H18O3/c1-4-10(13)7-9(6-8(3)12)11(14)5-2/h9H,4-7H2,1-3H3. The monoisotopic (exact) mass is 198 g/mol. The molecule has 1 unspecified atom stereocenters. The molecule has 0 aliphatic heterocycles. The van der Waals surface area contributed by atoms with E-state index >= 15 is 0 Å². The molecule has 0 radical (unpaired) electrons. The van der Waals surface area contributed by atoms with Crippen molar-refractivity contribution in [2.45, 2.75) is 46.5 Å². The number of Topliss-reactive ketones (excluding diaryl/α,β-unsaturated/α-hetero) is 3. The number of hydrogen-bond donors (Lipinski definition) is 0. The Balaban J connectivity index is 4.31. The lowest BCUT2D eigenvalue weighted by Gasteiger charge is -2.11. The zero-order chi connectivity index (χ0) is 11.1. The highest BCUT2D eigenvalue weighted by Gasteiger charge is 2.20. The first-order chi connectivity index (χ1) is 6.51. The van der Waals surface area contributed by atoms with Gasteiger partial charge in [-0.3, -0.25) is 9.59 Å². The molecule has 0 aromatic rings. The van der Waals surface area contributed by atoms with Crippen LogP contribution in [0.25, 0.3) is 0 Å². The van der Waals surface area contributed by atoms with Crippen molar-refractivity contribution in [1.29, 1.82) is 0 Å². The second-order valence-corrected chi connectivity index (χ2v) is 3.52. The Kier molecular flexibility index (Phi) is 6.00. The van der Waals surface area contributed by atoms with Gasteiger partial charge in [0, 0.05) is 31.6 Å². The minimum Gasteiger partial charge on any atom is -0.300 e. The van der Waals surface area contributed by atoms with Gasteiger partial charge in [-0.25, -0.2) is 0 Å². The topological polar surface area (TPSA) is 51.2 Å². The Labute approximate surface area is 84.9 Å². The SMILES string of the molecule is CCC(=O)CC(CC(C)=O)C(=O)CC. The molecular weight excluding hydrogens is 180 g/mol. The van der Waals surface area contributed by atoms with Crippen LogP contribution in [-0.4, -0.2) is 17.3 Å². The third-order valence-electron chi connectivity index (χ3n) is 2.21. The fourth-order valence-electron chi connectivity index (χ4n) is 1.35. The van der Waals surface area contributed by atoms with E-state index in [1.165, 1.54) is 6.92 Å². The van der Waals surface area contributed by atoms with Gasteiger partial charge in [-0.15, -0.1) is 0 Å². The summed E-state index contributed by atoms with van der Waals surface area (Å²) < 4.78 is 0. The van der Waals surface area contributed by atoms with Crippen molar-refractivity contribution in [3.8, 4) is 0 Å². The highest BCUT2D eigenvalue weighted by molar-refractivity contribution is 5.91. The van der Waals surface area contributed by atoms with E-state index in [0.717, 1.165) is 0 Å². The number of rotatable bonds is 7. The van der Waals surface area contributed by atoms with E-state index in [4.69, 9.17) is 0 Å². The third-order valence-corrected chi connectivity index (χ3v) is 2.21. The first kappa shape index (κ1) is 13.0. The van der Waals surface area contributed by atoms with Crippen molar-refractivity contribution in [1.82, 2.24) is 0 Å². The Hall–Kier alpha value is -0.990. The number of hydrogen-bond acceptors (Lipinski definition) is 3. The largest absolute Gasteiger partial charge is 0.300 e. The van der Waals surface area contributed by atoms with E-state index in [2.05, 4.69) is 0 Å².